The molecule has 0 radical (unpaired) electrons. The summed E-state index contributed by atoms with van der Waals surface area (Å²) in [5.41, 5.74) is 0. The zero-order chi connectivity index (χ0) is 60.1. The first-order chi connectivity index (χ1) is 40.0. The summed E-state index contributed by atoms with van der Waals surface area (Å²) in [5.74, 6) is 0. The minimum atomic E-state index is -0.653. The molecule has 0 aromatic rings. The van der Waals surface area contributed by atoms with Crippen LogP contribution in [-0.2, 0) is 28.6 Å². The van der Waals surface area contributed by atoms with Gasteiger partial charge in [0.15, 0.2) is 0 Å². The summed E-state index contributed by atoms with van der Waals surface area (Å²) in [6, 6.07) is 0. The van der Waals surface area contributed by atoms with Gasteiger partial charge >= 0.3 is 0 Å². The zero-order valence-electron chi connectivity index (χ0n) is 57.7. The van der Waals surface area contributed by atoms with Crippen molar-refractivity contribution in [3.63, 3.8) is 0 Å². The highest BCUT2D eigenvalue weighted by molar-refractivity contribution is 4.81. The molecule has 9 nitrogen and oxygen atoms in total. The molecule has 4 unspecified atom stereocenters. The molecular formula is C73H152N2O7+2. The van der Waals surface area contributed by atoms with Gasteiger partial charge in [-0.1, -0.05) is 310 Å². The predicted octanol–water partition coefficient (Wildman–Crippen LogP) is 21.5. The standard InChI is InChI=1S/C73H152N2O7/c1-11-17-21-25-29-33-37-41-45-49-53-57-61-77-70(72(67-74(7,8)81-15-5)79-63-59-55-51-47-43-39-35-31-27-23-19-13-3)65-69(76)66-71(78-62-58-54-50-46-42-38-34-30-26-22-18-12-2)73(68-75(9,10)82-16-6)80-64-60-56-52-48-44-40-36-32-28-24-20-14-4/h69-73,76H,11-68H2,1-10H3/q+2. The van der Waals surface area contributed by atoms with E-state index in [0.29, 0.717) is 74.9 Å². The van der Waals surface area contributed by atoms with E-state index in [4.69, 9.17) is 28.6 Å². The van der Waals surface area contributed by atoms with Gasteiger partial charge < -0.3 is 24.1 Å². The maximum Gasteiger partial charge on any atom is 0.137 e. The van der Waals surface area contributed by atoms with E-state index < -0.39 is 6.10 Å². The summed E-state index contributed by atoms with van der Waals surface area (Å²) >= 11 is 0. The smallest absolute Gasteiger partial charge is 0.137 e. The molecular weight excluding hydrogens is 1020 g/mol. The summed E-state index contributed by atoms with van der Waals surface area (Å²) in [5, 5.41) is 12.5. The van der Waals surface area contributed by atoms with E-state index in [1.165, 1.54) is 283 Å². The van der Waals surface area contributed by atoms with Gasteiger partial charge in [-0.05, 0) is 39.5 Å². The Morgan fingerprint density at radius 3 is 0.598 bits per heavy atom. The molecule has 0 aliphatic carbocycles. The number of aliphatic hydroxyl groups excluding tert-OH is 1. The van der Waals surface area contributed by atoms with E-state index in [-0.39, 0.29) is 24.4 Å². The number of quaternary nitrogens is 2. The summed E-state index contributed by atoms with van der Waals surface area (Å²) in [6.45, 7) is 18.7. The third kappa shape index (κ3) is 56.2. The Morgan fingerprint density at radius 1 is 0.244 bits per heavy atom. The van der Waals surface area contributed by atoms with Crippen LogP contribution in [0.4, 0.5) is 0 Å². The third-order valence-corrected chi connectivity index (χ3v) is 17.4. The predicted molar refractivity (Wildman–Crippen MR) is 356 cm³/mol. The maximum atomic E-state index is 12.5. The van der Waals surface area contributed by atoms with Gasteiger partial charge in [0, 0.05) is 39.3 Å². The van der Waals surface area contributed by atoms with E-state index >= 15 is 0 Å². The van der Waals surface area contributed by atoms with Crippen molar-refractivity contribution in [2.75, 3.05) is 80.9 Å². The molecule has 0 bridgehead atoms. The highest BCUT2D eigenvalue weighted by atomic mass is 16.7. The second-order valence-corrected chi connectivity index (χ2v) is 26.7. The number of hydrogen-bond acceptors (Lipinski definition) is 7. The molecule has 0 saturated carbocycles. The highest BCUT2D eigenvalue weighted by Crippen LogP contribution is 2.25. The van der Waals surface area contributed by atoms with Gasteiger partial charge in [-0.3, -0.25) is 0 Å². The van der Waals surface area contributed by atoms with Crippen molar-refractivity contribution in [3.05, 3.63) is 0 Å². The van der Waals surface area contributed by atoms with Gasteiger partial charge in [-0.25, -0.2) is 9.68 Å². The quantitative estimate of drug-likeness (QED) is 0.0369. The average Bonchev–Trinajstić information content (AvgIpc) is 3.44. The largest absolute Gasteiger partial charge is 0.393 e. The number of hydrogen-bond donors (Lipinski definition) is 1. The Labute approximate surface area is 514 Å². The van der Waals surface area contributed by atoms with Crippen molar-refractivity contribution in [2.45, 2.75) is 393 Å². The van der Waals surface area contributed by atoms with Crippen LogP contribution in [-0.4, -0.2) is 126 Å². The van der Waals surface area contributed by atoms with E-state index in [9.17, 15) is 5.11 Å². The molecule has 0 saturated heterocycles. The number of hydroxylamine groups is 6. The Kier molecular flexibility index (Phi) is 62.0. The highest BCUT2D eigenvalue weighted by Gasteiger charge is 2.37. The molecule has 0 amide bonds. The number of ether oxygens (including phenoxy) is 4. The fourth-order valence-corrected chi connectivity index (χ4v) is 12.2. The van der Waals surface area contributed by atoms with Crippen LogP contribution >= 0.6 is 0 Å². The van der Waals surface area contributed by atoms with E-state index in [1.54, 1.807) is 0 Å². The van der Waals surface area contributed by atoms with Crippen LogP contribution in [0.15, 0.2) is 0 Å². The lowest BCUT2D eigenvalue weighted by Gasteiger charge is -2.36. The summed E-state index contributed by atoms with van der Waals surface area (Å²) in [6.07, 6.45) is 62.6. The van der Waals surface area contributed by atoms with Gasteiger partial charge in [0.1, 0.15) is 38.5 Å². The van der Waals surface area contributed by atoms with E-state index in [2.05, 4.69) is 69.7 Å². The molecule has 0 heterocycles. The lowest BCUT2D eigenvalue weighted by molar-refractivity contribution is -1.08. The second-order valence-electron chi connectivity index (χ2n) is 26.7. The van der Waals surface area contributed by atoms with Crippen LogP contribution in [0.2, 0.25) is 0 Å². The Hall–Kier alpha value is -0.360. The molecule has 9 heteroatoms. The first kappa shape index (κ1) is 81.6. The van der Waals surface area contributed by atoms with Crippen LogP contribution in [0.3, 0.4) is 0 Å². The van der Waals surface area contributed by atoms with Crippen LogP contribution < -0.4 is 0 Å². The molecule has 4 atom stereocenters. The van der Waals surface area contributed by atoms with Gasteiger partial charge in [-0.15, -0.1) is 0 Å². The van der Waals surface area contributed by atoms with Crippen molar-refractivity contribution in [1.82, 2.24) is 0 Å². The van der Waals surface area contributed by atoms with Gasteiger partial charge in [0.05, 0.1) is 46.5 Å². The van der Waals surface area contributed by atoms with Crippen molar-refractivity contribution in [3.8, 4) is 0 Å². The van der Waals surface area contributed by atoms with Crippen molar-refractivity contribution < 1.29 is 43.0 Å². The van der Waals surface area contributed by atoms with Gasteiger partial charge in [0.2, 0.25) is 0 Å². The Morgan fingerprint density at radius 2 is 0.415 bits per heavy atom. The second kappa shape index (κ2) is 62.3. The lowest BCUT2D eigenvalue weighted by atomic mass is 9.98. The molecule has 0 aromatic heterocycles. The topological polar surface area (TPSA) is 75.6 Å². The first-order valence-electron chi connectivity index (χ1n) is 37.1. The number of likely N-dealkylation sites (N-methyl/N-ethyl adjacent to an activating group) is 2. The molecule has 82 heavy (non-hydrogen) atoms. The number of aliphatic hydroxyl groups is 1. The molecule has 494 valence electrons. The van der Waals surface area contributed by atoms with Crippen LogP contribution in [0.5, 0.6) is 0 Å². The van der Waals surface area contributed by atoms with Gasteiger partial charge in [-0.2, -0.15) is 9.29 Å². The molecule has 0 spiro atoms. The molecule has 0 fully saturated rings. The van der Waals surface area contributed by atoms with Gasteiger partial charge in [0.25, 0.3) is 0 Å². The Bertz CT molecular complexity index is 1130. The van der Waals surface area contributed by atoms with Crippen molar-refractivity contribution in [1.29, 1.82) is 0 Å². The fraction of sp³-hybridized carbons (Fsp3) is 1.00. The van der Waals surface area contributed by atoms with Crippen LogP contribution in [0, 0.1) is 0 Å². The number of unbranched alkanes of at least 4 members (excludes halogenated alkanes) is 44. The third-order valence-electron chi connectivity index (χ3n) is 17.4. The number of nitrogens with zero attached hydrogens (tertiary/aromatic N) is 2. The lowest BCUT2D eigenvalue weighted by Crippen LogP contribution is -2.52. The van der Waals surface area contributed by atoms with E-state index in [1.807, 2.05) is 0 Å². The van der Waals surface area contributed by atoms with Crippen molar-refractivity contribution in [2.24, 2.45) is 0 Å². The van der Waals surface area contributed by atoms with E-state index in [0.717, 1.165) is 25.7 Å². The fourth-order valence-electron chi connectivity index (χ4n) is 12.2. The summed E-state index contributed by atoms with van der Waals surface area (Å²) in [7, 11) is 8.55. The molecule has 0 aliphatic heterocycles. The average molecular weight is 1170 g/mol. The molecule has 0 rings (SSSR count). The Balaban J connectivity index is 6.24. The monoisotopic (exact) mass is 1170 g/mol. The minimum Gasteiger partial charge on any atom is -0.393 e. The molecule has 1 N–H and O–H groups in total. The molecule has 0 aliphatic rings. The normalized spacial score (nSPS) is 14.2. The van der Waals surface area contributed by atoms with Crippen molar-refractivity contribution >= 4 is 0 Å². The van der Waals surface area contributed by atoms with Crippen LogP contribution in [0.25, 0.3) is 0 Å². The summed E-state index contributed by atoms with van der Waals surface area (Å²) < 4.78 is 28.7. The first-order valence-corrected chi connectivity index (χ1v) is 37.1. The summed E-state index contributed by atoms with van der Waals surface area (Å²) in [4.78, 5) is 12.6. The zero-order valence-corrected chi connectivity index (χ0v) is 57.7. The number of rotatable bonds is 70. The molecule has 0 aromatic carbocycles. The minimum absolute atomic E-state index is 0.215. The SMILES string of the molecule is CCCCCCCCCCCCCCOC(CC(O)CC(OCCCCCCCCCCCCCC)C(C[N+](C)(C)OCC)OCCCCCCCCCCCCCC)C(C[N+](C)(C)OCC)OCCCCCCCCCCCCCC. The maximum absolute atomic E-state index is 12.5. The van der Waals surface area contributed by atoms with Crippen LogP contribution in [0.1, 0.15) is 363 Å².